The van der Waals surface area contributed by atoms with Crippen LogP contribution < -0.4 is 16.4 Å². The van der Waals surface area contributed by atoms with Crippen molar-refractivity contribution in [2.45, 2.75) is 59.7 Å². The first-order valence-corrected chi connectivity index (χ1v) is 10.5. The molecule has 2 heterocycles. The minimum atomic E-state index is -0.116. The molecular formula is C24H33N5O. The number of nitrogens with zero attached hydrogens (tertiary/aromatic N) is 2. The van der Waals surface area contributed by atoms with Crippen LogP contribution in [0.3, 0.4) is 0 Å². The lowest BCUT2D eigenvalue weighted by atomic mass is 10.1. The number of fused-ring (bicyclic) bond motifs is 1. The van der Waals surface area contributed by atoms with Crippen molar-refractivity contribution in [3.05, 3.63) is 65.0 Å². The topological polar surface area (TPSA) is 84.5 Å². The van der Waals surface area contributed by atoms with Crippen molar-refractivity contribution in [3.63, 3.8) is 0 Å². The Morgan fingerprint density at radius 1 is 1.17 bits per heavy atom. The minimum absolute atomic E-state index is 0.0875. The van der Waals surface area contributed by atoms with Crippen LogP contribution in [-0.2, 0) is 19.5 Å². The zero-order valence-corrected chi connectivity index (χ0v) is 18.6. The molecule has 6 nitrogen and oxygen atoms in total. The Labute approximate surface area is 178 Å². The third-order valence-electron chi connectivity index (χ3n) is 4.74. The Hall–Kier alpha value is -2.86. The molecule has 160 valence electrons. The van der Waals surface area contributed by atoms with Crippen molar-refractivity contribution in [1.29, 1.82) is 0 Å². The average molecular weight is 408 g/mol. The van der Waals surface area contributed by atoms with Crippen LogP contribution in [0.1, 0.15) is 61.8 Å². The third-order valence-corrected chi connectivity index (χ3v) is 4.74. The van der Waals surface area contributed by atoms with Crippen molar-refractivity contribution >= 4 is 17.4 Å². The molecule has 0 aliphatic carbocycles. The van der Waals surface area contributed by atoms with Gasteiger partial charge >= 0.3 is 0 Å². The standard InChI is InChI=1S/C24H33N5O/c1-16(2)11-20-22(28-24(3,4)5)29-10-9-19(13-21(29)27-20)23(30)26-15-18-8-6-7-17(12-18)14-25/h6-10,12-13,16,28H,11,14-15,25H2,1-5H3,(H,26,30). The van der Waals surface area contributed by atoms with Gasteiger partial charge in [0.2, 0.25) is 0 Å². The molecule has 0 bridgehead atoms. The summed E-state index contributed by atoms with van der Waals surface area (Å²) in [7, 11) is 0. The maximum atomic E-state index is 12.7. The first kappa shape index (κ1) is 21.8. The molecule has 1 aromatic carbocycles. The Morgan fingerprint density at radius 2 is 1.90 bits per heavy atom. The predicted octanol–water partition coefficient (Wildman–Crippen LogP) is 4.13. The van der Waals surface area contributed by atoms with Crippen LogP contribution in [0.15, 0.2) is 42.6 Å². The molecule has 4 N–H and O–H groups in total. The van der Waals surface area contributed by atoms with Crippen LogP contribution in [-0.4, -0.2) is 20.8 Å². The summed E-state index contributed by atoms with van der Waals surface area (Å²) < 4.78 is 2.03. The number of nitrogens with one attached hydrogen (secondary N) is 2. The molecule has 0 fully saturated rings. The van der Waals surface area contributed by atoms with Crippen LogP contribution in [0.5, 0.6) is 0 Å². The summed E-state index contributed by atoms with van der Waals surface area (Å²) in [5, 5.41) is 6.56. The van der Waals surface area contributed by atoms with E-state index in [0.29, 0.717) is 24.6 Å². The highest BCUT2D eigenvalue weighted by molar-refractivity contribution is 5.95. The number of aromatic nitrogens is 2. The van der Waals surface area contributed by atoms with Crippen molar-refractivity contribution < 1.29 is 4.79 Å². The van der Waals surface area contributed by atoms with E-state index < -0.39 is 0 Å². The van der Waals surface area contributed by atoms with Gasteiger partial charge in [-0.25, -0.2) is 4.98 Å². The van der Waals surface area contributed by atoms with Gasteiger partial charge in [0.05, 0.1) is 5.69 Å². The van der Waals surface area contributed by atoms with E-state index in [1.165, 1.54) is 0 Å². The highest BCUT2D eigenvalue weighted by Gasteiger charge is 2.19. The van der Waals surface area contributed by atoms with E-state index in [-0.39, 0.29) is 11.4 Å². The Bertz CT molecular complexity index is 1030. The number of imidazole rings is 1. The SMILES string of the molecule is CC(C)Cc1nc2cc(C(=O)NCc3cccc(CN)c3)ccn2c1NC(C)(C)C. The molecule has 0 aliphatic rings. The summed E-state index contributed by atoms with van der Waals surface area (Å²) in [6.45, 7) is 11.7. The van der Waals surface area contributed by atoms with Gasteiger partial charge in [-0.05, 0) is 56.4 Å². The van der Waals surface area contributed by atoms with E-state index in [2.05, 4.69) is 45.3 Å². The number of anilines is 1. The second-order valence-electron chi connectivity index (χ2n) is 9.23. The molecule has 0 atom stereocenters. The second kappa shape index (κ2) is 8.88. The summed E-state index contributed by atoms with van der Waals surface area (Å²) in [6, 6.07) is 11.6. The van der Waals surface area contributed by atoms with E-state index in [1.807, 2.05) is 47.0 Å². The average Bonchev–Trinajstić information content (AvgIpc) is 3.00. The molecule has 0 saturated carbocycles. The largest absolute Gasteiger partial charge is 0.365 e. The molecule has 6 heteroatoms. The molecule has 3 aromatic rings. The van der Waals surface area contributed by atoms with Crippen LogP contribution in [0, 0.1) is 5.92 Å². The number of pyridine rings is 1. The normalized spacial score (nSPS) is 11.8. The maximum absolute atomic E-state index is 12.7. The molecule has 30 heavy (non-hydrogen) atoms. The number of rotatable bonds is 7. The van der Waals surface area contributed by atoms with Crippen molar-refractivity contribution in [2.75, 3.05) is 5.32 Å². The van der Waals surface area contributed by atoms with Gasteiger partial charge in [-0.1, -0.05) is 38.1 Å². The van der Waals surface area contributed by atoms with E-state index in [0.717, 1.165) is 34.7 Å². The number of carbonyl (C=O) groups is 1. The van der Waals surface area contributed by atoms with Gasteiger partial charge in [-0.3, -0.25) is 9.20 Å². The van der Waals surface area contributed by atoms with E-state index in [9.17, 15) is 4.79 Å². The number of hydrogen-bond acceptors (Lipinski definition) is 4. The lowest BCUT2D eigenvalue weighted by Gasteiger charge is -2.23. The fraction of sp³-hybridized carbons (Fsp3) is 0.417. The fourth-order valence-electron chi connectivity index (χ4n) is 3.40. The van der Waals surface area contributed by atoms with Gasteiger partial charge in [-0.2, -0.15) is 0 Å². The van der Waals surface area contributed by atoms with Crippen LogP contribution in [0.25, 0.3) is 5.65 Å². The maximum Gasteiger partial charge on any atom is 0.251 e. The summed E-state index contributed by atoms with van der Waals surface area (Å²) in [4.78, 5) is 17.6. The highest BCUT2D eigenvalue weighted by Crippen LogP contribution is 2.25. The smallest absolute Gasteiger partial charge is 0.251 e. The summed E-state index contributed by atoms with van der Waals surface area (Å²) in [5.74, 6) is 1.37. The van der Waals surface area contributed by atoms with E-state index in [1.54, 1.807) is 0 Å². The number of carbonyl (C=O) groups excluding carboxylic acids is 1. The van der Waals surface area contributed by atoms with Crippen molar-refractivity contribution in [1.82, 2.24) is 14.7 Å². The quantitative estimate of drug-likeness (QED) is 0.550. The number of amides is 1. The lowest BCUT2D eigenvalue weighted by molar-refractivity contribution is 0.0951. The van der Waals surface area contributed by atoms with Crippen LogP contribution in [0.4, 0.5) is 5.82 Å². The Kier molecular flexibility index (Phi) is 6.46. The first-order chi connectivity index (χ1) is 14.2. The van der Waals surface area contributed by atoms with Crippen molar-refractivity contribution in [2.24, 2.45) is 11.7 Å². The zero-order valence-electron chi connectivity index (χ0n) is 18.6. The molecule has 0 saturated heterocycles. The van der Waals surface area contributed by atoms with Gasteiger partial charge in [0, 0.05) is 30.4 Å². The number of nitrogens with two attached hydrogens (primary N) is 1. The summed E-state index contributed by atoms with van der Waals surface area (Å²) in [5.41, 5.74) is 10.1. The fourth-order valence-corrected chi connectivity index (χ4v) is 3.40. The van der Waals surface area contributed by atoms with Gasteiger partial charge in [0.1, 0.15) is 11.5 Å². The molecular weight excluding hydrogens is 374 g/mol. The Morgan fingerprint density at radius 3 is 2.57 bits per heavy atom. The van der Waals surface area contributed by atoms with Crippen LogP contribution in [0.2, 0.25) is 0 Å². The summed E-state index contributed by atoms with van der Waals surface area (Å²) in [6.07, 6.45) is 2.79. The zero-order chi connectivity index (χ0) is 21.9. The second-order valence-corrected chi connectivity index (χ2v) is 9.23. The Balaban J connectivity index is 1.83. The van der Waals surface area contributed by atoms with Crippen molar-refractivity contribution in [3.8, 4) is 0 Å². The van der Waals surface area contributed by atoms with E-state index in [4.69, 9.17) is 10.7 Å². The molecule has 2 aromatic heterocycles. The third kappa shape index (κ3) is 5.39. The van der Waals surface area contributed by atoms with E-state index >= 15 is 0 Å². The van der Waals surface area contributed by atoms with Gasteiger partial charge in [0.25, 0.3) is 5.91 Å². The highest BCUT2D eigenvalue weighted by atomic mass is 16.1. The minimum Gasteiger partial charge on any atom is -0.365 e. The molecule has 3 rings (SSSR count). The summed E-state index contributed by atoms with van der Waals surface area (Å²) >= 11 is 0. The van der Waals surface area contributed by atoms with Gasteiger partial charge in [0.15, 0.2) is 0 Å². The molecule has 1 amide bonds. The number of benzene rings is 1. The van der Waals surface area contributed by atoms with Crippen LogP contribution >= 0.6 is 0 Å². The monoisotopic (exact) mass is 407 g/mol. The number of hydrogen-bond donors (Lipinski definition) is 3. The van der Waals surface area contributed by atoms with Gasteiger partial charge < -0.3 is 16.4 Å². The lowest BCUT2D eigenvalue weighted by Crippen LogP contribution is -2.27. The van der Waals surface area contributed by atoms with Gasteiger partial charge in [-0.15, -0.1) is 0 Å². The molecule has 0 unspecified atom stereocenters. The molecule has 0 spiro atoms. The predicted molar refractivity (Wildman–Crippen MR) is 123 cm³/mol. The first-order valence-electron chi connectivity index (χ1n) is 10.5. The molecule has 0 radical (unpaired) electrons. The molecule has 0 aliphatic heterocycles.